The van der Waals surface area contributed by atoms with E-state index in [1.54, 1.807) is 0 Å². The van der Waals surface area contributed by atoms with Crippen molar-refractivity contribution in [3.63, 3.8) is 0 Å². The fraction of sp³-hybridized carbons (Fsp3) is 0.826. The minimum absolute atomic E-state index is 0.0242. The second-order valence-corrected chi connectivity index (χ2v) is 9.00. The number of aliphatic carboxylic acids is 4. The largest absolute Gasteiger partial charge is 0.481 e. The van der Waals surface area contributed by atoms with Gasteiger partial charge in [0.2, 0.25) is 0 Å². The molecule has 0 spiro atoms. The summed E-state index contributed by atoms with van der Waals surface area (Å²) in [5.74, 6) is -3.44. The summed E-state index contributed by atoms with van der Waals surface area (Å²) in [6.07, 6.45) is 2.44. The van der Waals surface area contributed by atoms with Gasteiger partial charge in [0, 0.05) is 39.3 Å². The normalized spacial score (nSPS) is 19.0. The van der Waals surface area contributed by atoms with E-state index in [0.717, 1.165) is 19.3 Å². The number of hydrogen-bond donors (Lipinski definition) is 4. The molecule has 0 aliphatic carbocycles. The highest BCUT2D eigenvalue weighted by Gasteiger charge is 2.16. The van der Waals surface area contributed by atoms with E-state index in [4.69, 9.17) is 20.4 Å². The first kappa shape index (κ1) is 30.8. The molecular formula is C23H42N4O8. The molecule has 1 fully saturated rings. The zero-order valence-electron chi connectivity index (χ0n) is 20.6. The molecule has 12 nitrogen and oxygen atoms in total. The molecule has 35 heavy (non-hydrogen) atoms. The number of carbonyl (C=O) groups is 4. The quantitative estimate of drug-likeness (QED) is 0.289. The fourth-order valence-corrected chi connectivity index (χ4v) is 4.19. The summed E-state index contributed by atoms with van der Waals surface area (Å²) in [6.45, 7) is 7.04. The van der Waals surface area contributed by atoms with Crippen LogP contribution in [0.15, 0.2) is 0 Å². The first-order valence-corrected chi connectivity index (χ1v) is 12.4. The summed E-state index contributed by atoms with van der Waals surface area (Å²) >= 11 is 0. The number of nitrogens with zero attached hydrogens (tertiary/aromatic N) is 4. The maximum absolute atomic E-state index is 11.1. The molecule has 0 aromatic heterocycles. The summed E-state index contributed by atoms with van der Waals surface area (Å²) in [5, 5.41) is 36.4. The Morgan fingerprint density at radius 3 is 0.800 bits per heavy atom. The van der Waals surface area contributed by atoms with Crippen molar-refractivity contribution < 1.29 is 39.6 Å². The number of hydrogen-bond acceptors (Lipinski definition) is 8. The van der Waals surface area contributed by atoms with Crippen molar-refractivity contribution in [2.24, 2.45) is 0 Å². The molecule has 0 bridgehead atoms. The van der Waals surface area contributed by atoms with E-state index in [9.17, 15) is 19.2 Å². The van der Waals surface area contributed by atoms with Gasteiger partial charge in [0.15, 0.2) is 0 Å². The molecule has 1 saturated heterocycles. The van der Waals surface area contributed by atoms with E-state index in [2.05, 4.69) is 19.6 Å². The first-order chi connectivity index (χ1) is 16.7. The van der Waals surface area contributed by atoms with Gasteiger partial charge in [0.25, 0.3) is 0 Å². The van der Waals surface area contributed by atoms with Crippen molar-refractivity contribution in [2.75, 3.05) is 78.5 Å². The molecule has 1 aliphatic heterocycles. The van der Waals surface area contributed by atoms with Crippen molar-refractivity contribution in [1.29, 1.82) is 0 Å². The van der Waals surface area contributed by atoms with Gasteiger partial charge in [-0.05, 0) is 58.5 Å². The standard InChI is InChI=1S/C23H42N4O8/c28-20(29)4-14-24-8-1-9-25(15-5-21(30)31)11-3-13-27(17-7-23(34)35)19-18-26(12-2-10-24)16-6-22(32)33/h1-19H2,(H,28,29)(H,30,31)(H,32,33)(H,34,35). The fourth-order valence-electron chi connectivity index (χ4n) is 4.19. The molecule has 1 heterocycles. The summed E-state index contributed by atoms with van der Waals surface area (Å²) in [6, 6.07) is 0. The lowest BCUT2D eigenvalue weighted by Gasteiger charge is -2.28. The van der Waals surface area contributed by atoms with Gasteiger partial charge in [-0.15, -0.1) is 0 Å². The Bertz CT molecular complexity index is 609. The average Bonchev–Trinajstić information content (AvgIpc) is 2.78. The molecule has 0 unspecified atom stereocenters. The molecule has 0 aromatic carbocycles. The predicted molar refractivity (Wildman–Crippen MR) is 129 cm³/mol. The van der Waals surface area contributed by atoms with Crippen LogP contribution >= 0.6 is 0 Å². The molecular weight excluding hydrogens is 460 g/mol. The maximum Gasteiger partial charge on any atom is 0.304 e. The first-order valence-electron chi connectivity index (χ1n) is 12.4. The smallest absolute Gasteiger partial charge is 0.304 e. The van der Waals surface area contributed by atoms with Crippen LogP contribution in [0.5, 0.6) is 0 Å². The van der Waals surface area contributed by atoms with Crippen LogP contribution in [0.2, 0.25) is 0 Å². The maximum atomic E-state index is 11.1. The van der Waals surface area contributed by atoms with Crippen molar-refractivity contribution in [3.8, 4) is 0 Å². The summed E-state index contributed by atoms with van der Waals surface area (Å²) in [5.41, 5.74) is 0. The highest BCUT2D eigenvalue weighted by Crippen LogP contribution is 2.06. The Balaban J connectivity index is 2.89. The zero-order valence-corrected chi connectivity index (χ0v) is 20.6. The molecule has 0 saturated carbocycles. The molecule has 4 N–H and O–H groups in total. The van der Waals surface area contributed by atoms with Crippen LogP contribution in [0, 0.1) is 0 Å². The Labute approximate surface area is 207 Å². The molecule has 1 rings (SSSR count). The van der Waals surface area contributed by atoms with Crippen LogP contribution in [0.3, 0.4) is 0 Å². The van der Waals surface area contributed by atoms with Crippen LogP contribution in [-0.4, -0.2) is 142 Å². The van der Waals surface area contributed by atoms with E-state index in [1.807, 2.05) is 0 Å². The van der Waals surface area contributed by atoms with Crippen LogP contribution < -0.4 is 0 Å². The zero-order chi connectivity index (χ0) is 26.1. The lowest BCUT2D eigenvalue weighted by molar-refractivity contribution is -0.138. The molecule has 0 aromatic rings. The Morgan fingerprint density at radius 1 is 0.400 bits per heavy atom. The summed E-state index contributed by atoms with van der Waals surface area (Å²) in [4.78, 5) is 52.7. The minimum atomic E-state index is -0.867. The molecule has 12 heteroatoms. The number of carboxylic acids is 4. The van der Waals surface area contributed by atoms with Gasteiger partial charge in [0.1, 0.15) is 0 Å². The molecule has 1 aliphatic rings. The van der Waals surface area contributed by atoms with Crippen molar-refractivity contribution in [2.45, 2.75) is 44.9 Å². The molecule has 0 amide bonds. The molecule has 202 valence electrons. The Morgan fingerprint density at radius 2 is 0.600 bits per heavy atom. The lowest BCUT2D eigenvalue weighted by atomic mass is 10.2. The molecule has 0 atom stereocenters. The summed E-state index contributed by atoms with van der Waals surface area (Å²) in [7, 11) is 0. The minimum Gasteiger partial charge on any atom is -0.481 e. The van der Waals surface area contributed by atoms with E-state index in [0.29, 0.717) is 78.5 Å². The topological polar surface area (TPSA) is 162 Å². The SMILES string of the molecule is O=C(O)CCN1CCCN(CCC(=O)O)CCCN(CCC(=O)O)CCN(CCC(=O)O)CCC1. The van der Waals surface area contributed by atoms with Gasteiger partial charge in [-0.2, -0.15) is 0 Å². The van der Waals surface area contributed by atoms with Crippen molar-refractivity contribution >= 4 is 23.9 Å². The summed E-state index contributed by atoms with van der Waals surface area (Å²) < 4.78 is 0. The van der Waals surface area contributed by atoms with Gasteiger partial charge in [-0.1, -0.05) is 0 Å². The van der Waals surface area contributed by atoms with Crippen LogP contribution in [0.1, 0.15) is 44.9 Å². The van der Waals surface area contributed by atoms with E-state index in [1.165, 1.54) is 0 Å². The van der Waals surface area contributed by atoms with Gasteiger partial charge in [0.05, 0.1) is 25.7 Å². The van der Waals surface area contributed by atoms with Crippen molar-refractivity contribution in [1.82, 2.24) is 19.6 Å². The van der Waals surface area contributed by atoms with Gasteiger partial charge in [-0.25, -0.2) is 0 Å². The second kappa shape index (κ2) is 18.1. The second-order valence-electron chi connectivity index (χ2n) is 9.00. The monoisotopic (exact) mass is 502 g/mol. The van der Waals surface area contributed by atoms with Crippen LogP contribution in [-0.2, 0) is 19.2 Å². The van der Waals surface area contributed by atoms with Crippen LogP contribution in [0.25, 0.3) is 0 Å². The highest BCUT2D eigenvalue weighted by atomic mass is 16.4. The molecule has 0 radical (unpaired) electrons. The van der Waals surface area contributed by atoms with E-state index < -0.39 is 23.9 Å². The van der Waals surface area contributed by atoms with E-state index >= 15 is 0 Å². The van der Waals surface area contributed by atoms with Crippen molar-refractivity contribution in [3.05, 3.63) is 0 Å². The Hall–Kier alpha value is -2.28. The predicted octanol–water partition coefficient (Wildman–Crippen LogP) is 0.277. The lowest BCUT2D eigenvalue weighted by Crippen LogP contribution is -2.39. The third-order valence-corrected chi connectivity index (χ3v) is 6.15. The Kier molecular flexibility index (Phi) is 15.9. The third kappa shape index (κ3) is 16.9. The average molecular weight is 503 g/mol. The third-order valence-electron chi connectivity index (χ3n) is 6.15. The number of rotatable bonds is 12. The van der Waals surface area contributed by atoms with Crippen LogP contribution in [0.4, 0.5) is 0 Å². The van der Waals surface area contributed by atoms with Gasteiger partial charge < -0.3 is 40.0 Å². The number of carboxylic acid groups (broad SMARTS) is 4. The highest BCUT2D eigenvalue weighted by molar-refractivity contribution is 5.67. The van der Waals surface area contributed by atoms with E-state index in [-0.39, 0.29) is 25.7 Å². The van der Waals surface area contributed by atoms with Gasteiger partial charge >= 0.3 is 23.9 Å². The van der Waals surface area contributed by atoms with Gasteiger partial charge in [-0.3, -0.25) is 19.2 Å².